The van der Waals surface area contributed by atoms with E-state index in [0.29, 0.717) is 15.8 Å². The lowest BCUT2D eigenvalue weighted by Crippen LogP contribution is -2.03. The van der Waals surface area contributed by atoms with Crippen molar-refractivity contribution in [3.05, 3.63) is 28.5 Å². The maximum atomic E-state index is 13.7. The number of aryl methyl sites for hydroxylation is 1. The molecule has 2 aromatic rings. The summed E-state index contributed by atoms with van der Waals surface area (Å²) in [6, 6.07) is 2.23. The zero-order valence-electron chi connectivity index (χ0n) is 10.6. The number of benzene rings is 1. The average molecular weight is 282 g/mol. The minimum absolute atomic E-state index is 0.304. The first kappa shape index (κ1) is 12.8. The number of aromatic nitrogens is 2. The van der Waals surface area contributed by atoms with E-state index in [-0.39, 0.29) is 0 Å². The summed E-state index contributed by atoms with van der Waals surface area (Å²) in [4.78, 5) is 2.83. The summed E-state index contributed by atoms with van der Waals surface area (Å²) in [7, 11) is 0. The molecule has 0 bridgehead atoms. The highest BCUT2D eigenvalue weighted by atomic mass is 32.1. The van der Waals surface area contributed by atoms with Crippen molar-refractivity contribution >= 4 is 23.3 Å². The van der Waals surface area contributed by atoms with Crippen LogP contribution in [-0.2, 0) is 6.54 Å². The quantitative estimate of drug-likeness (QED) is 0.819. The molecule has 1 aliphatic rings. The van der Waals surface area contributed by atoms with Crippen molar-refractivity contribution < 1.29 is 8.78 Å². The molecule has 1 aromatic heterocycles. The summed E-state index contributed by atoms with van der Waals surface area (Å²) in [6.07, 6.45) is 6.15. The number of H-pyrrole nitrogens is 1. The zero-order valence-corrected chi connectivity index (χ0v) is 11.4. The van der Waals surface area contributed by atoms with E-state index in [4.69, 9.17) is 12.2 Å². The third-order valence-electron chi connectivity index (χ3n) is 4.04. The van der Waals surface area contributed by atoms with Gasteiger partial charge in [0.25, 0.3) is 0 Å². The molecule has 1 heterocycles. The van der Waals surface area contributed by atoms with Crippen molar-refractivity contribution in [1.29, 1.82) is 0 Å². The first-order valence-electron chi connectivity index (χ1n) is 6.72. The van der Waals surface area contributed by atoms with Crippen LogP contribution in [0.1, 0.15) is 32.1 Å². The zero-order chi connectivity index (χ0) is 13.4. The molecule has 0 atom stereocenters. The molecule has 0 saturated heterocycles. The average Bonchev–Trinajstić information content (AvgIpc) is 2.95. The Hall–Kier alpha value is -1.23. The van der Waals surface area contributed by atoms with Crippen molar-refractivity contribution in [2.75, 3.05) is 0 Å². The molecule has 1 fully saturated rings. The molecular formula is C14H16F2N2S. The lowest BCUT2D eigenvalue weighted by atomic mass is 10.0. The molecule has 0 spiro atoms. The maximum absolute atomic E-state index is 13.7. The first-order valence-corrected chi connectivity index (χ1v) is 7.13. The van der Waals surface area contributed by atoms with Crippen molar-refractivity contribution in [2.24, 2.45) is 5.92 Å². The van der Waals surface area contributed by atoms with Crippen LogP contribution in [0.25, 0.3) is 11.0 Å². The van der Waals surface area contributed by atoms with Crippen LogP contribution in [-0.4, -0.2) is 9.55 Å². The second kappa shape index (κ2) is 5.04. The van der Waals surface area contributed by atoms with Crippen LogP contribution in [0, 0.1) is 22.3 Å². The monoisotopic (exact) mass is 282 g/mol. The molecule has 1 aliphatic carbocycles. The molecule has 1 N–H and O–H groups in total. The van der Waals surface area contributed by atoms with Gasteiger partial charge in [0.15, 0.2) is 10.6 Å². The van der Waals surface area contributed by atoms with E-state index in [2.05, 4.69) is 4.98 Å². The number of nitrogens with one attached hydrogen (secondary N) is 1. The molecule has 102 valence electrons. The van der Waals surface area contributed by atoms with Gasteiger partial charge in [0.05, 0.1) is 5.52 Å². The third-order valence-corrected chi connectivity index (χ3v) is 4.36. The van der Waals surface area contributed by atoms with Gasteiger partial charge >= 0.3 is 0 Å². The standard InChI is InChI=1S/C14H16F2N2S/c15-10-7-11(16)13-12(8-10)18(14(19)17-13)6-5-9-3-1-2-4-9/h7-9H,1-6H2,(H,17,19). The molecule has 3 rings (SSSR count). The number of fused-ring (bicyclic) bond motifs is 1. The lowest BCUT2D eigenvalue weighted by molar-refractivity contribution is 0.460. The largest absolute Gasteiger partial charge is 0.328 e. The summed E-state index contributed by atoms with van der Waals surface area (Å²) in [5.74, 6) is -0.417. The number of rotatable bonds is 3. The molecule has 1 saturated carbocycles. The molecule has 0 amide bonds. The predicted molar refractivity (Wildman–Crippen MR) is 73.6 cm³/mol. The number of hydrogen-bond acceptors (Lipinski definition) is 1. The first-order chi connectivity index (χ1) is 9.15. The van der Waals surface area contributed by atoms with Gasteiger partial charge in [-0.25, -0.2) is 8.78 Å². The Balaban J connectivity index is 1.93. The van der Waals surface area contributed by atoms with Crippen molar-refractivity contribution in [3.63, 3.8) is 0 Å². The molecule has 0 aliphatic heterocycles. The van der Waals surface area contributed by atoms with Crippen molar-refractivity contribution in [2.45, 2.75) is 38.6 Å². The van der Waals surface area contributed by atoms with Gasteiger partial charge in [-0.1, -0.05) is 25.7 Å². The van der Waals surface area contributed by atoms with Gasteiger partial charge in [0.1, 0.15) is 11.3 Å². The van der Waals surface area contributed by atoms with Gasteiger partial charge < -0.3 is 9.55 Å². The Labute approximate surface area is 115 Å². The maximum Gasteiger partial charge on any atom is 0.178 e. The van der Waals surface area contributed by atoms with Crippen LogP contribution in [0.4, 0.5) is 8.78 Å². The van der Waals surface area contributed by atoms with Gasteiger partial charge in [0, 0.05) is 12.6 Å². The van der Waals surface area contributed by atoms with E-state index in [1.807, 2.05) is 4.57 Å². The molecular weight excluding hydrogens is 266 g/mol. The Morgan fingerprint density at radius 3 is 2.74 bits per heavy atom. The number of aromatic amines is 1. The topological polar surface area (TPSA) is 20.7 Å². The normalized spacial score (nSPS) is 16.5. The van der Waals surface area contributed by atoms with E-state index in [1.165, 1.54) is 31.7 Å². The summed E-state index contributed by atoms with van der Waals surface area (Å²) in [5, 5.41) is 0. The second-order valence-corrected chi connectivity index (χ2v) is 5.69. The van der Waals surface area contributed by atoms with E-state index < -0.39 is 11.6 Å². The smallest absolute Gasteiger partial charge is 0.178 e. The number of hydrogen-bond donors (Lipinski definition) is 1. The minimum Gasteiger partial charge on any atom is -0.328 e. The number of imidazole rings is 1. The van der Waals surface area contributed by atoms with Crippen molar-refractivity contribution in [1.82, 2.24) is 9.55 Å². The second-order valence-electron chi connectivity index (χ2n) is 5.30. The lowest BCUT2D eigenvalue weighted by Gasteiger charge is -2.10. The van der Waals surface area contributed by atoms with E-state index >= 15 is 0 Å². The summed E-state index contributed by atoms with van der Waals surface area (Å²) in [5.41, 5.74) is 0.832. The Kier molecular flexibility index (Phi) is 3.39. The van der Waals surface area contributed by atoms with Crippen LogP contribution >= 0.6 is 12.2 Å². The SMILES string of the molecule is Fc1cc(F)c2[nH]c(=S)n(CCC3CCCC3)c2c1. The molecule has 5 heteroatoms. The van der Waals surface area contributed by atoms with Crippen LogP contribution in [0.5, 0.6) is 0 Å². The van der Waals surface area contributed by atoms with Crippen LogP contribution in [0.2, 0.25) is 0 Å². The number of nitrogens with zero attached hydrogens (tertiary/aromatic N) is 1. The van der Waals surface area contributed by atoms with Crippen molar-refractivity contribution in [3.8, 4) is 0 Å². The molecule has 2 nitrogen and oxygen atoms in total. The van der Waals surface area contributed by atoms with Gasteiger partial charge in [0.2, 0.25) is 0 Å². The molecule has 1 aromatic carbocycles. The highest BCUT2D eigenvalue weighted by molar-refractivity contribution is 7.71. The third kappa shape index (κ3) is 2.43. The Morgan fingerprint density at radius 1 is 1.26 bits per heavy atom. The van der Waals surface area contributed by atoms with E-state index in [9.17, 15) is 8.78 Å². The van der Waals surface area contributed by atoms with Gasteiger partial charge in [-0.05, 0) is 30.6 Å². The number of halogens is 2. The highest BCUT2D eigenvalue weighted by Crippen LogP contribution is 2.29. The summed E-state index contributed by atoms with van der Waals surface area (Å²) < 4.78 is 29.3. The van der Waals surface area contributed by atoms with Crippen LogP contribution in [0.15, 0.2) is 12.1 Å². The van der Waals surface area contributed by atoms with E-state index in [0.717, 1.165) is 24.9 Å². The van der Waals surface area contributed by atoms with Crippen LogP contribution in [0.3, 0.4) is 0 Å². The Morgan fingerprint density at radius 2 is 2.00 bits per heavy atom. The highest BCUT2D eigenvalue weighted by Gasteiger charge is 2.16. The van der Waals surface area contributed by atoms with Gasteiger partial charge in [-0.15, -0.1) is 0 Å². The molecule has 0 unspecified atom stereocenters. The van der Waals surface area contributed by atoms with Crippen LogP contribution < -0.4 is 0 Å². The minimum atomic E-state index is -0.583. The predicted octanol–water partition coefficient (Wildman–Crippen LogP) is 4.56. The fourth-order valence-electron chi connectivity index (χ4n) is 3.01. The molecule has 0 radical (unpaired) electrons. The fraction of sp³-hybridized carbons (Fsp3) is 0.500. The van der Waals surface area contributed by atoms with Gasteiger partial charge in [-0.3, -0.25) is 0 Å². The molecule has 19 heavy (non-hydrogen) atoms. The summed E-state index contributed by atoms with van der Waals surface area (Å²) in [6.45, 7) is 0.729. The van der Waals surface area contributed by atoms with E-state index in [1.54, 1.807) is 0 Å². The fourth-order valence-corrected chi connectivity index (χ4v) is 3.30. The summed E-state index contributed by atoms with van der Waals surface area (Å²) >= 11 is 5.21. The Bertz CT molecular complexity index is 653. The van der Waals surface area contributed by atoms with Gasteiger partial charge in [-0.2, -0.15) is 0 Å².